The van der Waals surface area contributed by atoms with Gasteiger partial charge in [-0.1, -0.05) is 64.1 Å². The number of thiophene rings is 1. The van der Waals surface area contributed by atoms with Gasteiger partial charge in [0.1, 0.15) is 5.00 Å². The molecule has 4 heteroatoms. The first-order valence-corrected chi connectivity index (χ1v) is 13.9. The molecule has 0 saturated carbocycles. The third-order valence-electron chi connectivity index (χ3n) is 8.93. The third kappa shape index (κ3) is 2.84. The van der Waals surface area contributed by atoms with Crippen molar-refractivity contribution in [2.75, 3.05) is 4.90 Å². The van der Waals surface area contributed by atoms with Gasteiger partial charge in [0.15, 0.2) is 11.6 Å². The molecule has 0 spiro atoms. The molecule has 38 heavy (non-hydrogen) atoms. The SMILES string of the molecule is Cc1cc2c(cc1C)C(=O)C(=Cc1cc3c(s1)N1c4ccccc4C(C)(C)c4cccc(c41)C3(C)C)C2=O. The molecule has 0 unspecified atom stereocenters. The molecule has 1 aliphatic carbocycles. The summed E-state index contributed by atoms with van der Waals surface area (Å²) < 4.78 is 0. The second-order valence-corrected chi connectivity index (χ2v) is 12.9. The second-order valence-electron chi connectivity index (χ2n) is 11.9. The minimum absolute atomic E-state index is 0.126. The van der Waals surface area contributed by atoms with Crippen molar-refractivity contribution in [2.45, 2.75) is 52.4 Å². The molecule has 1 aromatic heterocycles. The number of anilines is 3. The Bertz CT molecular complexity index is 1740. The lowest BCUT2D eigenvalue weighted by Gasteiger charge is -2.48. The molecule has 0 bridgehead atoms. The van der Waals surface area contributed by atoms with Crippen molar-refractivity contribution in [2.24, 2.45) is 0 Å². The van der Waals surface area contributed by atoms with Crippen LogP contribution >= 0.6 is 11.3 Å². The van der Waals surface area contributed by atoms with Gasteiger partial charge in [-0.25, -0.2) is 0 Å². The van der Waals surface area contributed by atoms with Crippen molar-refractivity contribution < 1.29 is 9.59 Å². The Morgan fingerprint density at radius 3 is 1.89 bits per heavy atom. The van der Waals surface area contributed by atoms with Crippen LogP contribution in [0.4, 0.5) is 16.4 Å². The van der Waals surface area contributed by atoms with Crippen LogP contribution in [0.25, 0.3) is 6.08 Å². The number of Topliss-reactive ketones (excluding diaryl/α,β-unsaturated/α-hetero) is 2. The number of hydrogen-bond acceptors (Lipinski definition) is 4. The number of para-hydroxylation sites is 2. The van der Waals surface area contributed by atoms with Gasteiger partial charge >= 0.3 is 0 Å². The van der Waals surface area contributed by atoms with Crippen LogP contribution in [0.1, 0.15) is 86.7 Å². The van der Waals surface area contributed by atoms with Crippen molar-refractivity contribution in [3.8, 4) is 0 Å². The van der Waals surface area contributed by atoms with Gasteiger partial charge in [-0.3, -0.25) is 9.59 Å². The lowest BCUT2D eigenvalue weighted by atomic mass is 9.67. The van der Waals surface area contributed by atoms with E-state index in [0.717, 1.165) is 21.0 Å². The van der Waals surface area contributed by atoms with E-state index in [2.05, 4.69) is 81.1 Å². The summed E-state index contributed by atoms with van der Waals surface area (Å²) in [6, 6.07) is 21.3. The summed E-state index contributed by atoms with van der Waals surface area (Å²) in [5.41, 5.74) is 10.6. The number of carbonyl (C=O) groups excluding carboxylic acids is 2. The van der Waals surface area contributed by atoms with Crippen LogP contribution in [0.5, 0.6) is 0 Å². The first-order valence-electron chi connectivity index (χ1n) is 13.1. The molecule has 0 N–H and O–H groups in total. The molecule has 3 aliphatic rings. The van der Waals surface area contributed by atoms with Crippen LogP contribution in [-0.2, 0) is 10.8 Å². The lowest BCUT2D eigenvalue weighted by Crippen LogP contribution is -2.37. The second kappa shape index (κ2) is 7.42. The molecule has 188 valence electrons. The van der Waals surface area contributed by atoms with Crippen molar-refractivity contribution in [1.29, 1.82) is 0 Å². The Morgan fingerprint density at radius 1 is 0.711 bits per heavy atom. The van der Waals surface area contributed by atoms with Crippen LogP contribution in [0.3, 0.4) is 0 Å². The molecule has 3 heterocycles. The minimum Gasteiger partial charge on any atom is -0.301 e. The van der Waals surface area contributed by atoms with Gasteiger partial charge in [-0.15, -0.1) is 11.3 Å². The van der Waals surface area contributed by atoms with Crippen molar-refractivity contribution in [3.63, 3.8) is 0 Å². The fraction of sp³-hybridized carbons (Fsp3) is 0.235. The van der Waals surface area contributed by atoms with Crippen LogP contribution in [0.2, 0.25) is 0 Å². The molecule has 3 nitrogen and oxygen atoms in total. The van der Waals surface area contributed by atoms with Crippen molar-refractivity contribution in [3.05, 3.63) is 116 Å². The molecule has 3 aromatic carbocycles. The van der Waals surface area contributed by atoms with Crippen molar-refractivity contribution in [1.82, 2.24) is 0 Å². The number of allylic oxidation sites excluding steroid dienone is 1. The molecular formula is C34H29NO2S. The number of aryl methyl sites for hydroxylation is 2. The Morgan fingerprint density at radius 2 is 1.26 bits per heavy atom. The Balaban J connectivity index is 1.44. The zero-order valence-corrected chi connectivity index (χ0v) is 23.3. The first-order chi connectivity index (χ1) is 18.0. The zero-order chi connectivity index (χ0) is 26.7. The van der Waals surface area contributed by atoms with Gasteiger partial charge in [0.25, 0.3) is 0 Å². The predicted octanol–water partition coefficient (Wildman–Crippen LogP) is 8.58. The van der Waals surface area contributed by atoms with E-state index in [0.29, 0.717) is 11.1 Å². The molecule has 4 aromatic rings. The van der Waals surface area contributed by atoms with E-state index in [4.69, 9.17) is 0 Å². The van der Waals surface area contributed by atoms with Gasteiger partial charge < -0.3 is 4.90 Å². The number of ketones is 2. The smallest absolute Gasteiger partial charge is 0.197 e. The number of rotatable bonds is 1. The van der Waals surface area contributed by atoms with Gasteiger partial charge in [0.05, 0.1) is 16.9 Å². The average Bonchev–Trinajstić information content (AvgIpc) is 3.40. The largest absolute Gasteiger partial charge is 0.301 e. The fourth-order valence-electron chi connectivity index (χ4n) is 6.56. The molecule has 0 fully saturated rings. The number of benzene rings is 3. The van der Waals surface area contributed by atoms with Crippen LogP contribution in [0, 0.1) is 13.8 Å². The highest BCUT2D eigenvalue weighted by atomic mass is 32.1. The molecule has 0 atom stereocenters. The minimum atomic E-state index is -0.228. The molecule has 7 rings (SSSR count). The maximum absolute atomic E-state index is 13.3. The van der Waals surface area contributed by atoms with E-state index in [1.54, 1.807) is 11.3 Å². The number of fused-ring (bicyclic) bond motifs is 5. The molecule has 0 saturated heterocycles. The van der Waals surface area contributed by atoms with Crippen LogP contribution < -0.4 is 4.90 Å². The maximum atomic E-state index is 13.3. The quantitative estimate of drug-likeness (QED) is 0.188. The summed E-state index contributed by atoms with van der Waals surface area (Å²) in [5.74, 6) is -0.344. The van der Waals surface area contributed by atoms with E-state index in [1.807, 2.05) is 32.1 Å². The molecule has 0 radical (unpaired) electrons. The van der Waals surface area contributed by atoms with Crippen molar-refractivity contribution >= 4 is 45.4 Å². The number of hydrogen-bond donors (Lipinski definition) is 0. The third-order valence-corrected chi connectivity index (χ3v) is 10.00. The number of nitrogens with zero attached hydrogens (tertiary/aromatic N) is 1. The van der Waals surface area contributed by atoms with Gasteiger partial charge in [0.2, 0.25) is 0 Å². The van der Waals surface area contributed by atoms with E-state index < -0.39 is 0 Å². The highest BCUT2D eigenvalue weighted by molar-refractivity contribution is 7.17. The number of carbonyl (C=O) groups is 2. The summed E-state index contributed by atoms with van der Waals surface area (Å²) in [5, 5.41) is 1.16. The zero-order valence-electron chi connectivity index (χ0n) is 22.5. The molecule has 2 aliphatic heterocycles. The summed E-state index contributed by atoms with van der Waals surface area (Å²) >= 11 is 1.66. The Hall–Kier alpha value is -3.76. The topological polar surface area (TPSA) is 37.4 Å². The van der Waals surface area contributed by atoms with Gasteiger partial charge in [-0.2, -0.15) is 0 Å². The van der Waals surface area contributed by atoms with Gasteiger partial charge in [-0.05, 0) is 77.6 Å². The standard InChI is InChI=1S/C34H29NO2S/c1-18-14-21-22(15-19(18)2)31(37)23(30(21)36)16-20-17-27-32(38-20)35-28-13-8-7-10-24(28)33(3,4)25-11-9-12-26(29(25)35)34(27,5)6/h7-17H,1-6H3. The van der Waals surface area contributed by atoms with E-state index >= 15 is 0 Å². The summed E-state index contributed by atoms with van der Waals surface area (Å²) in [6.45, 7) is 13.1. The summed E-state index contributed by atoms with van der Waals surface area (Å²) in [6.07, 6.45) is 1.82. The predicted molar refractivity (Wildman–Crippen MR) is 156 cm³/mol. The van der Waals surface area contributed by atoms with Gasteiger partial charge in [0, 0.05) is 26.8 Å². The maximum Gasteiger partial charge on any atom is 0.197 e. The summed E-state index contributed by atoms with van der Waals surface area (Å²) in [7, 11) is 0. The van der Waals surface area contributed by atoms with E-state index in [9.17, 15) is 9.59 Å². The fourth-order valence-corrected chi connectivity index (χ4v) is 7.84. The summed E-state index contributed by atoms with van der Waals surface area (Å²) in [4.78, 5) is 30.0. The molecular weight excluding hydrogens is 486 g/mol. The average molecular weight is 516 g/mol. The first kappa shape index (κ1) is 23.4. The highest BCUT2D eigenvalue weighted by Crippen LogP contribution is 2.61. The van der Waals surface area contributed by atoms with Crippen LogP contribution in [0.15, 0.2) is 66.2 Å². The monoisotopic (exact) mass is 515 g/mol. The highest BCUT2D eigenvalue weighted by Gasteiger charge is 2.46. The van der Waals surface area contributed by atoms with E-state index in [-0.39, 0.29) is 28.0 Å². The molecule has 0 amide bonds. The lowest BCUT2D eigenvalue weighted by molar-refractivity contribution is 0.0990. The van der Waals surface area contributed by atoms with Crippen LogP contribution in [-0.4, -0.2) is 11.6 Å². The normalized spacial score (nSPS) is 17.6. The Kier molecular flexibility index (Phi) is 4.56. The Labute approximate surface area is 227 Å². The van der Waals surface area contributed by atoms with E-state index in [1.165, 1.54) is 33.6 Å².